The molecule has 2 aromatic carbocycles. The van der Waals surface area contributed by atoms with E-state index >= 15 is 0 Å². The van der Waals surface area contributed by atoms with Crippen LogP contribution in [0.2, 0.25) is 0 Å². The predicted octanol–water partition coefficient (Wildman–Crippen LogP) is 3.73. The second-order valence-corrected chi connectivity index (χ2v) is 9.53. The van der Waals surface area contributed by atoms with Gasteiger partial charge < -0.3 is 25.6 Å². The lowest BCUT2D eigenvalue weighted by molar-refractivity contribution is -0.152. The highest BCUT2D eigenvalue weighted by Gasteiger charge is 2.36. The number of nitrogens with one attached hydrogen (secondary N) is 1. The molecule has 1 amide bonds. The van der Waals surface area contributed by atoms with E-state index in [1.165, 1.54) is 0 Å². The molecule has 178 valence electrons. The Balaban J connectivity index is 1.52. The van der Waals surface area contributed by atoms with Crippen molar-refractivity contribution < 1.29 is 24.2 Å². The second-order valence-electron chi connectivity index (χ2n) is 9.53. The quantitative estimate of drug-likeness (QED) is 0.393. The number of hydrogen-bond acceptors (Lipinski definition) is 6. The van der Waals surface area contributed by atoms with Gasteiger partial charge in [0.25, 0.3) is 0 Å². The Morgan fingerprint density at radius 3 is 2.12 bits per heavy atom. The van der Waals surface area contributed by atoms with Gasteiger partial charge in [-0.25, -0.2) is 9.59 Å². The van der Waals surface area contributed by atoms with Crippen LogP contribution in [0.5, 0.6) is 0 Å². The number of ether oxygens (including phenoxy) is 2. The summed E-state index contributed by atoms with van der Waals surface area (Å²) >= 11 is 0. The summed E-state index contributed by atoms with van der Waals surface area (Å²) in [7, 11) is 0. The number of esters is 1. The van der Waals surface area contributed by atoms with Gasteiger partial charge in [-0.05, 0) is 62.3 Å². The van der Waals surface area contributed by atoms with Gasteiger partial charge in [0.1, 0.15) is 17.7 Å². The fourth-order valence-corrected chi connectivity index (χ4v) is 4.06. The van der Waals surface area contributed by atoms with E-state index in [2.05, 4.69) is 17.4 Å². The summed E-state index contributed by atoms with van der Waals surface area (Å²) in [5.74, 6) is -0.686. The number of alkyl carbamates (subject to hydrolysis) is 1. The number of nitrogens with two attached hydrogens (primary N) is 1. The Morgan fingerprint density at radius 1 is 1.00 bits per heavy atom. The lowest BCUT2D eigenvalue weighted by atomic mass is 9.94. The fraction of sp³-hybridized carbons (Fsp3) is 0.462. The Morgan fingerprint density at radius 2 is 1.58 bits per heavy atom. The molecule has 0 aromatic heterocycles. The number of fused-ring (bicyclic) bond motifs is 3. The van der Waals surface area contributed by atoms with Gasteiger partial charge in [0.05, 0.1) is 6.61 Å². The third-order valence-electron chi connectivity index (χ3n) is 5.75. The van der Waals surface area contributed by atoms with Crippen molar-refractivity contribution in [3.05, 3.63) is 59.7 Å². The largest absolute Gasteiger partial charge is 0.463 e. The predicted molar refractivity (Wildman–Crippen MR) is 127 cm³/mol. The standard InChI is InChI=1S/C26H34N2O5/c1-25(2,3)33-24(31)28-15-9-8-14-26(27,17-29)23(30)32-16-22-20-12-6-4-10-18(20)19-11-5-7-13-21(19)22/h4-7,10-13,22,29H,8-9,14-17,27H2,1-3H3,(H,28,31)/t26-/m0/s1. The van der Waals surface area contributed by atoms with Gasteiger partial charge in [-0.15, -0.1) is 0 Å². The van der Waals surface area contributed by atoms with E-state index in [-0.39, 0.29) is 18.9 Å². The number of carbonyl (C=O) groups excluding carboxylic acids is 2. The van der Waals surface area contributed by atoms with Crippen molar-refractivity contribution in [2.45, 2.75) is 57.1 Å². The fourth-order valence-electron chi connectivity index (χ4n) is 4.06. The van der Waals surface area contributed by atoms with E-state index in [1.54, 1.807) is 20.8 Å². The first kappa shape index (κ1) is 24.7. The molecular formula is C26H34N2O5. The number of carbonyl (C=O) groups is 2. The van der Waals surface area contributed by atoms with Crippen LogP contribution in [0.4, 0.5) is 4.79 Å². The van der Waals surface area contributed by atoms with Crippen LogP contribution in [0.1, 0.15) is 57.1 Å². The second kappa shape index (κ2) is 10.4. The Labute approximate surface area is 195 Å². The smallest absolute Gasteiger partial charge is 0.407 e. The summed E-state index contributed by atoms with van der Waals surface area (Å²) in [6.07, 6.45) is 0.891. The number of unbranched alkanes of at least 4 members (excludes halogenated alkanes) is 1. The number of aliphatic hydroxyl groups excluding tert-OH is 1. The van der Waals surface area contributed by atoms with Gasteiger partial charge in [-0.3, -0.25) is 0 Å². The minimum atomic E-state index is -1.48. The highest BCUT2D eigenvalue weighted by molar-refractivity contribution is 5.82. The molecule has 1 aliphatic rings. The average molecular weight is 455 g/mol. The molecule has 1 atom stereocenters. The summed E-state index contributed by atoms with van der Waals surface area (Å²) in [6.45, 7) is 5.43. The van der Waals surface area contributed by atoms with E-state index in [0.717, 1.165) is 22.3 Å². The van der Waals surface area contributed by atoms with Crippen molar-refractivity contribution in [1.82, 2.24) is 5.32 Å². The Kier molecular flexibility index (Phi) is 7.76. The van der Waals surface area contributed by atoms with Crippen molar-refractivity contribution in [3.63, 3.8) is 0 Å². The SMILES string of the molecule is CC(C)(C)OC(=O)NCCCC[C@](N)(CO)C(=O)OCC1c2ccccc2-c2ccccc21. The third kappa shape index (κ3) is 6.12. The molecule has 7 nitrogen and oxygen atoms in total. The summed E-state index contributed by atoms with van der Waals surface area (Å²) in [6, 6.07) is 16.2. The van der Waals surface area contributed by atoms with Crippen LogP contribution in [0, 0.1) is 0 Å². The van der Waals surface area contributed by atoms with Crippen molar-refractivity contribution >= 4 is 12.1 Å². The zero-order valence-corrected chi connectivity index (χ0v) is 19.6. The number of amides is 1. The van der Waals surface area contributed by atoms with Crippen LogP contribution in [0.25, 0.3) is 11.1 Å². The van der Waals surface area contributed by atoms with E-state index in [4.69, 9.17) is 15.2 Å². The molecule has 0 heterocycles. The molecule has 2 aromatic rings. The Bertz CT molecular complexity index is 939. The molecule has 0 saturated carbocycles. The molecule has 0 radical (unpaired) electrons. The maximum atomic E-state index is 12.8. The van der Waals surface area contributed by atoms with Crippen molar-refractivity contribution in [2.24, 2.45) is 5.73 Å². The first-order valence-electron chi connectivity index (χ1n) is 11.4. The molecular weight excluding hydrogens is 420 g/mol. The van der Waals surface area contributed by atoms with Crippen LogP contribution >= 0.6 is 0 Å². The molecule has 0 spiro atoms. The van der Waals surface area contributed by atoms with E-state index in [9.17, 15) is 14.7 Å². The van der Waals surface area contributed by atoms with Crippen molar-refractivity contribution in [2.75, 3.05) is 19.8 Å². The van der Waals surface area contributed by atoms with Crippen LogP contribution in [-0.4, -0.2) is 48.1 Å². The summed E-state index contributed by atoms with van der Waals surface area (Å²) in [5, 5.41) is 12.5. The first-order valence-corrected chi connectivity index (χ1v) is 11.4. The van der Waals surface area contributed by atoms with E-state index in [1.807, 2.05) is 36.4 Å². The normalized spacial score (nSPS) is 14.7. The maximum Gasteiger partial charge on any atom is 0.407 e. The average Bonchev–Trinajstić information content (AvgIpc) is 3.09. The lowest BCUT2D eigenvalue weighted by Crippen LogP contribution is -2.52. The molecule has 0 unspecified atom stereocenters. The molecule has 4 N–H and O–H groups in total. The summed E-state index contributed by atoms with van der Waals surface area (Å²) in [5.41, 5.74) is 8.69. The zero-order valence-electron chi connectivity index (χ0n) is 19.6. The molecule has 3 rings (SSSR count). The molecule has 0 fully saturated rings. The monoisotopic (exact) mass is 454 g/mol. The molecule has 1 aliphatic carbocycles. The molecule has 0 aliphatic heterocycles. The lowest BCUT2D eigenvalue weighted by Gasteiger charge is -2.26. The highest BCUT2D eigenvalue weighted by atomic mass is 16.6. The number of aliphatic hydroxyl groups is 1. The van der Waals surface area contributed by atoms with Crippen LogP contribution in [0.3, 0.4) is 0 Å². The van der Waals surface area contributed by atoms with Gasteiger partial charge in [0.2, 0.25) is 0 Å². The minimum Gasteiger partial charge on any atom is -0.463 e. The number of hydrogen-bond donors (Lipinski definition) is 3. The molecule has 33 heavy (non-hydrogen) atoms. The van der Waals surface area contributed by atoms with Gasteiger partial charge in [0, 0.05) is 12.5 Å². The van der Waals surface area contributed by atoms with Gasteiger partial charge in [0.15, 0.2) is 0 Å². The highest BCUT2D eigenvalue weighted by Crippen LogP contribution is 2.44. The van der Waals surface area contributed by atoms with Crippen molar-refractivity contribution in [3.8, 4) is 11.1 Å². The summed E-state index contributed by atoms with van der Waals surface area (Å²) < 4.78 is 10.8. The maximum absolute atomic E-state index is 12.8. The van der Waals surface area contributed by atoms with Gasteiger partial charge >= 0.3 is 12.1 Å². The molecule has 0 saturated heterocycles. The van der Waals surface area contributed by atoms with Crippen molar-refractivity contribution in [1.29, 1.82) is 0 Å². The first-order chi connectivity index (χ1) is 15.6. The van der Waals surface area contributed by atoms with Crippen LogP contribution < -0.4 is 11.1 Å². The van der Waals surface area contributed by atoms with Gasteiger partial charge in [-0.2, -0.15) is 0 Å². The van der Waals surface area contributed by atoms with Crippen LogP contribution in [0.15, 0.2) is 48.5 Å². The van der Waals surface area contributed by atoms with E-state index < -0.39 is 29.8 Å². The Hall–Kier alpha value is -2.90. The van der Waals surface area contributed by atoms with Crippen LogP contribution in [-0.2, 0) is 14.3 Å². The zero-order chi connectivity index (χ0) is 24.1. The number of rotatable bonds is 9. The topological polar surface area (TPSA) is 111 Å². The molecule has 0 bridgehead atoms. The summed E-state index contributed by atoms with van der Waals surface area (Å²) in [4.78, 5) is 24.5. The minimum absolute atomic E-state index is 0.0673. The van der Waals surface area contributed by atoms with Gasteiger partial charge in [-0.1, -0.05) is 48.5 Å². The third-order valence-corrected chi connectivity index (χ3v) is 5.75. The van der Waals surface area contributed by atoms with E-state index in [0.29, 0.717) is 19.4 Å². The number of benzene rings is 2. The molecule has 7 heteroatoms.